The quantitative estimate of drug-likeness (QED) is 0.357. The minimum Gasteiger partial charge on any atom is -0.382 e. The lowest BCUT2D eigenvalue weighted by Crippen LogP contribution is -2.37. The first-order chi connectivity index (χ1) is 13.3. The molecule has 0 N–H and O–H groups in total. The number of ether oxygens (including phenoxy) is 1. The second-order valence-electron chi connectivity index (χ2n) is 7.09. The molecule has 1 heterocycles. The third-order valence-corrected chi connectivity index (χ3v) is 4.82. The third-order valence-electron chi connectivity index (χ3n) is 4.82. The number of nitrogens with zero attached hydrogens (tertiary/aromatic N) is 1. The Balaban J connectivity index is 2.48. The van der Waals surface area contributed by atoms with E-state index in [4.69, 9.17) is 14.5 Å². The molecular formula is C21H27F2NO4. The van der Waals surface area contributed by atoms with Gasteiger partial charge in [0.15, 0.2) is 0 Å². The van der Waals surface area contributed by atoms with E-state index < -0.39 is 23.5 Å². The number of Topliss-reactive ketones (excluding diaryl/α,β-unsaturated/α-hetero) is 1. The van der Waals surface area contributed by atoms with Gasteiger partial charge in [0.05, 0.1) is 12.5 Å². The summed E-state index contributed by atoms with van der Waals surface area (Å²) in [6, 6.07) is 3.69. The Morgan fingerprint density at radius 3 is 2.36 bits per heavy atom. The minimum atomic E-state index is -0.848. The van der Waals surface area contributed by atoms with Crippen LogP contribution in [0.3, 0.4) is 0 Å². The molecule has 0 aromatic heterocycles. The zero-order chi connectivity index (χ0) is 20.8. The number of methoxy groups -OCH3 is 1. The van der Waals surface area contributed by atoms with Crippen LogP contribution in [0.2, 0.25) is 0 Å². The van der Waals surface area contributed by atoms with Gasteiger partial charge in [-0.3, -0.25) is 9.79 Å². The van der Waals surface area contributed by atoms with Gasteiger partial charge < -0.3 is 4.74 Å². The molecule has 0 fully saturated rings. The molecule has 28 heavy (non-hydrogen) atoms. The molecule has 2 unspecified atom stereocenters. The summed E-state index contributed by atoms with van der Waals surface area (Å²) in [7, 11) is 1.54. The van der Waals surface area contributed by atoms with E-state index in [1.165, 1.54) is 25.3 Å². The highest BCUT2D eigenvalue weighted by Crippen LogP contribution is 2.42. The van der Waals surface area contributed by atoms with Gasteiger partial charge in [-0.1, -0.05) is 19.9 Å². The van der Waals surface area contributed by atoms with E-state index in [2.05, 4.69) is 4.99 Å². The monoisotopic (exact) mass is 395 g/mol. The molecule has 1 aromatic rings. The fraction of sp³-hybridized carbons (Fsp3) is 0.524. The van der Waals surface area contributed by atoms with E-state index in [1.807, 2.05) is 0 Å². The van der Waals surface area contributed by atoms with Gasteiger partial charge >= 0.3 is 0 Å². The van der Waals surface area contributed by atoms with Crippen LogP contribution in [-0.2, 0) is 19.3 Å². The van der Waals surface area contributed by atoms with E-state index in [0.717, 1.165) is 0 Å². The number of carbonyl (C=O) groups excluding carboxylic acids is 1. The molecule has 0 aliphatic carbocycles. The molecular weight excluding hydrogens is 368 g/mol. The van der Waals surface area contributed by atoms with Gasteiger partial charge in [0.2, 0.25) is 0 Å². The Hall–Kier alpha value is -1.96. The maximum atomic E-state index is 14.7. The van der Waals surface area contributed by atoms with Crippen LogP contribution in [0.25, 0.3) is 0 Å². The predicted octanol–water partition coefficient (Wildman–Crippen LogP) is 4.23. The standard InChI is InChI=1S/C21H27F2NO4/c1-12(2)21(25)18-14(4)24-13(3)15(11-28-27-10-9-26-5)19(18)20-16(22)7-6-8-17(20)23/h6-8,12,18-19H,9-11H2,1-5H3. The molecule has 0 amide bonds. The zero-order valence-electron chi connectivity index (χ0n) is 16.9. The Bertz CT molecular complexity index is 753. The number of aliphatic imine (C=N–C) groups is 1. The molecule has 1 aliphatic rings. The second kappa shape index (κ2) is 10.0. The molecule has 0 saturated heterocycles. The van der Waals surface area contributed by atoms with E-state index in [0.29, 0.717) is 23.6 Å². The summed E-state index contributed by atoms with van der Waals surface area (Å²) in [5, 5.41) is 0. The summed E-state index contributed by atoms with van der Waals surface area (Å²) in [6.45, 7) is 7.46. The Morgan fingerprint density at radius 1 is 1.14 bits per heavy atom. The molecule has 5 nitrogen and oxygen atoms in total. The minimum absolute atomic E-state index is 0.0629. The van der Waals surface area contributed by atoms with Gasteiger partial charge in [0.1, 0.15) is 30.6 Å². The van der Waals surface area contributed by atoms with Crippen LogP contribution in [0.1, 0.15) is 39.2 Å². The van der Waals surface area contributed by atoms with Crippen molar-refractivity contribution in [2.45, 2.75) is 33.6 Å². The van der Waals surface area contributed by atoms with Crippen LogP contribution >= 0.6 is 0 Å². The highest BCUT2D eigenvalue weighted by Gasteiger charge is 2.41. The maximum absolute atomic E-state index is 14.7. The number of benzene rings is 1. The summed E-state index contributed by atoms with van der Waals surface area (Å²) in [6.07, 6.45) is 0. The fourth-order valence-electron chi connectivity index (χ4n) is 3.43. The van der Waals surface area contributed by atoms with Crippen LogP contribution in [0.5, 0.6) is 0 Å². The second-order valence-corrected chi connectivity index (χ2v) is 7.09. The average molecular weight is 395 g/mol. The normalized spacial score (nSPS) is 19.9. The van der Waals surface area contributed by atoms with E-state index in [1.54, 1.807) is 27.7 Å². The third kappa shape index (κ3) is 4.90. The number of rotatable bonds is 9. The summed E-state index contributed by atoms with van der Waals surface area (Å²) in [4.78, 5) is 27.7. The van der Waals surface area contributed by atoms with Gasteiger partial charge in [-0.2, -0.15) is 0 Å². The fourth-order valence-corrected chi connectivity index (χ4v) is 3.43. The van der Waals surface area contributed by atoms with Crippen LogP contribution in [0.4, 0.5) is 8.78 Å². The Morgan fingerprint density at radius 2 is 1.79 bits per heavy atom. The Kier molecular flexibility index (Phi) is 7.98. The van der Waals surface area contributed by atoms with Gasteiger partial charge in [0, 0.05) is 35.9 Å². The average Bonchev–Trinajstić information content (AvgIpc) is 2.62. The van der Waals surface area contributed by atoms with Crippen molar-refractivity contribution < 1.29 is 28.1 Å². The summed E-state index contributed by atoms with van der Waals surface area (Å²) < 4.78 is 34.3. The number of ketones is 1. The lowest BCUT2D eigenvalue weighted by atomic mass is 9.72. The largest absolute Gasteiger partial charge is 0.382 e. The van der Waals surface area contributed by atoms with Gasteiger partial charge in [-0.25, -0.2) is 18.6 Å². The highest BCUT2D eigenvalue weighted by molar-refractivity contribution is 6.07. The van der Waals surface area contributed by atoms with Crippen LogP contribution in [0, 0.1) is 23.5 Å². The van der Waals surface area contributed by atoms with Crippen LogP contribution in [-0.4, -0.2) is 38.4 Å². The molecule has 2 atom stereocenters. The van der Waals surface area contributed by atoms with Gasteiger partial charge in [-0.15, -0.1) is 0 Å². The predicted molar refractivity (Wildman–Crippen MR) is 102 cm³/mol. The van der Waals surface area contributed by atoms with Gasteiger partial charge in [-0.05, 0) is 31.6 Å². The molecule has 7 heteroatoms. The molecule has 2 rings (SSSR count). The maximum Gasteiger partial charge on any atom is 0.145 e. The van der Waals surface area contributed by atoms with E-state index in [-0.39, 0.29) is 30.5 Å². The number of hydrogen-bond acceptors (Lipinski definition) is 5. The highest BCUT2D eigenvalue weighted by atomic mass is 19.1. The molecule has 154 valence electrons. The topological polar surface area (TPSA) is 57.1 Å². The van der Waals surface area contributed by atoms with Crippen molar-refractivity contribution in [1.29, 1.82) is 0 Å². The van der Waals surface area contributed by atoms with E-state index >= 15 is 0 Å². The van der Waals surface area contributed by atoms with Crippen molar-refractivity contribution in [1.82, 2.24) is 0 Å². The van der Waals surface area contributed by atoms with Crippen molar-refractivity contribution in [3.63, 3.8) is 0 Å². The zero-order valence-corrected chi connectivity index (χ0v) is 16.9. The first-order valence-electron chi connectivity index (χ1n) is 9.25. The molecule has 1 aliphatic heterocycles. The summed E-state index contributed by atoms with van der Waals surface area (Å²) in [5.41, 5.74) is 1.47. The smallest absolute Gasteiger partial charge is 0.145 e. The van der Waals surface area contributed by atoms with Crippen molar-refractivity contribution in [2.75, 3.05) is 26.9 Å². The SMILES string of the molecule is COCCOOCC1=C(C)N=C(C)C(C(=O)C(C)C)C1c1c(F)cccc1F. The lowest BCUT2D eigenvalue weighted by molar-refractivity contribution is -0.292. The summed E-state index contributed by atoms with van der Waals surface area (Å²) >= 11 is 0. The van der Waals surface area contributed by atoms with Crippen LogP contribution < -0.4 is 0 Å². The molecule has 0 bridgehead atoms. The van der Waals surface area contributed by atoms with Crippen LogP contribution in [0.15, 0.2) is 34.5 Å². The number of halogens is 2. The lowest BCUT2D eigenvalue weighted by Gasteiger charge is -2.34. The number of carbonyl (C=O) groups is 1. The first kappa shape index (κ1) is 22.3. The van der Waals surface area contributed by atoms with E-state index in [9.17, 15) is 13.6 Å². The molecule has 1 aromatic carbocycles. The molecule has 0 saturated carbocycles. The number of allylic oxidation sites excluding steroid dienone is 1. The van der Waals surface area contributed by atoms with Crippen molar-refractivity contribution >= 4 is 11.5 Å². The van der Waals surface area contributed by atoms with Crippen molar-refractivity contribution in [3.05, 3.63) is 46.7 Å². The molecule has 0 spiro atoms. The summed E-state index contributed by atoms with van der Waals surface area (Å²) in [5.74, 6) is -3.46. The molecule has 0 radical (unpaired) electrons. The Labute approximate surface area is 164 Å². The first-order valence-corrected chi connectivity index (χ1v) is 9.25. The van der Waals surface area contributed by atoms with Crippen molar-refractivity contribution in [2.24, 2.45) is 16.8 Å². The van der Waals surface area contributed by atoms with Gasteiger partial charge in [0.25, 0.3) is 0 Å². The number of hydrogen-bond donors (Lipinski definition) is 0. The van der Waals surface area contributed by atoms with Crippen molar-refractivity contribution in [3.8, 4) is 0 Å².